The fourth-order valence-corrected chi connectivity index (χ4v) is 3.06. The Morgan fingerprint density at radius 3 is 2.61 bits per heavy atom. The lowest BCUT2D eigenvalue weighted by molar-refractivity contribution is -0.153. The Hall–Kier alpha value is -1.14. The topological polar surface area (TPSA) is 104 Å². The van der Waals surface area contributed by atoms with Crippen molar-refractivity contribution in [3.63, 3.8) is 0 Å². The molecule has 102 valence electrons. The number of β-amino-alcohol motifs (C(OH)–C–C–N with tert-alkyl or cyclic N) is 1. The number of hydrogen-bond donors (Lipinski definition) is 3. The fourth-order valence-electron chi connectivity index (χ4n) is 3.06. The Morgan fingerprint density at radius 2 is 2.11 bits per heavy atom. The Bertz CT molecular complexity index is 373. The molecule has 1 aliphatic carbocycles. The minimum absolute atomic E-state index is 0.0953. The van der Waals surface area contributed by atoms with Gasteiger partial charge in [-0.05, 0) is 19.8 Å². The summed E-state index contributed by atoms with van der Waals surface area (Å²) in [7, 11) is 0. The highest BCUT2D eigenvalue weighted by atomic mass is 16.4. The van der Waals surface area contributed by atoms with E-state index in [9.17, 15) is 14.7 Å². The number of carboxylic acid groups (broad SMARTS) is 1. The second-order valence-corrected chi connectivity index (χ2v) is 5.62. The molecule has 1 amide bonds. The first-order valence-electron chi connectivity index (χ1n) is 6.34. The molecule has 0 aromatic carbocycles. The van der Waals surface area contributed by atoms with Gasteiger partial charge < -0.3 is 20.8 Å². The van der Waals surface area contributed by atoms with Crippen LogP contribution in [0.2, 0.25) is 0 Å². The van der Waals surface area contributed by atoms with Gasteiger partial charge in [0, 0.05) is 19.0 Å². The van der Waals surface area contributed by atoms with E-state index in [-0.39, 0.29) is 24.9 Å². The van der Waals surface area contributed by atoms with Gasteiger partial charge in [0.25, 0.3) is 0 Å². The Kier molecular flexibility index (Phi) is 3.33. The van der Waals surface area contributed by atoms with Gasteiger partial charge in [-0.15, -0.1) is 0 Å². The number of likely N-dealkylation sites (tertiary alicyclic amines) is 1. The van der Waals surface area contributed by atoms with Crippen molar-refractivity contribution in [2.75, 3.05) is 6.54 Å². The monoisotopic (exact) mass is 256 g/mol. The number of amides is 1. The summed E-state index contributed by atoms with van der Waals surface area (Å²) in [5, 5.41) is 18.7. The molecule has 0 aromatic rings. The van der Waals surface area contributed by atoms with E-state index in [2.05, 4.69) is 0 Å². The molecule has 6 heteroatoms. The number of carboxylic acids is 1. The van der Waals surface area contributed by atoms with E-state index in [0.717, 1.165) is 12.8 Å². The van der Waals surface area contributed by atoms with E-state index in [1.807, 2.05) is 0 Å². The highest BCUT2D eigenvalue weighted by Gasteiger charge is 2.49. The summed E-state index contributed by atoms with van der Waals surface area (Å²) in [5.41, 5.74) is 5.30. The third kappa shape index (κ3) is 1.99. The molecular weight excluding hydrogens is 236 g/mol. The van der Waals surface area contributed by atoms with Crippen LogP contribution in [-0.2, 0) is 9.59 Å². The maximum absolute atomic E-state index is 12.5. The first-order chi connectivity index (χ1) is 8.36. The number of nitrogens with zero attached hydrogens (tertiary/aromatic N) is 1. The summed E-state index contributed by atoms with van der Waals surface area (Å²) in [5.74, 6) is -1.29. The van der Waals surface area contributed by atoms with Crippen molar-refractivity contribution in [3.05, 3.63) is 0 Å². The molecule has 0 spiro atoms. The molecule has 1 aliphatic heterocycles. The molecule has 1 heterocycles. The van der Waals surface area contributed by atoms with Gasteiger partial charge in [-0.25, -0.2) is 4.79 Å². The van der Waals surface area contributed by atoms with Gasteiger partial charge in [0.1, 0.15) is 6.04 Å². The van der Waals surface area contributed by atoms with E-state index >= 15 is 0 Å². The van der Waals surface area contributed by atoms with Crippen LogP contribution in [0.1, 0.15) is 32.6 Å². The average Bonchev–Trinajstić information content (AvgIpc) is 2.83. The summed E-state index contributed by atoms with van der Waals surface area (Å²) in [6.07, 6.45) is 1.71. The van der Waals surface area contributed by atoms with Crippen LogP contribution in [0.4, 0.5) is 0 Å². The molecule has 2 fully saturated rings. The largest absolute Gasteiger partial charge is 0.480 e. The number of nitrogens with two attached hydrogens (primary N) is 1. The fraction of sp³-hybridized carbons (Fsp3) is 0.833. The number of rotatable bonds is 2. The highest BCUT2D eigenvalue weighted by Crippen LogP contribution is 2.39. The van der Waals surface area contributed by atoms with Gasteiger partial charge in [0.15, 0.2) is 0 Å². The summed E-state index contributed by atoms with van der Waals surface area (Å²) >= 11 is 0. The molecule has 18 heavy (non-hydrogen) atoms. The third-order valence-electron chi connectivity index (χ3n) is 4.34. The Morgan fingerprint density at radius 1 is 1.44 bits per heavy atom. The minimum atomic E-state index is -1.06. The van der Waals surface area contributed by atoms with Gasteiger partial charge in [-0.2, -0.15) is 0 Å². The lowest BCUT2D eigenvalue weighted by atomic mass is 9.83. The lowest BCUT2D eigenvalue weighted by Crippen LogP contribution is -2.52. The first kappa shape index (κ1) is 13.3. The first-order valence-corrected chi connectivity index (χ1v) is 6.34. The van der Waals surface area contributed by atoms with Crippen molar-refractivity contribution in [1.29, 1.82) is 0 Å². The van der Waals surface area contributed by atoms with Gasteiger partial charge in [-0.3, -0.25) is 4.79 Å². The van der Waals surface area contributed by atoms with Crippen molar-refractivity contribution in [1.82, 2.24) is 4.90 Å². The van der Waals surface area contributed by atoms with Crippen LogP contribution in [0.15, 0.2) is 0 Å². The zero-order valence-corrected chi connectivity index (χ0v) is 10.5. The molecule has 1 saturated heterocycles. The molecule has 4 atom stereocenters. The second-order valence-electron chi connectivity index (χ2n) is 5.62. The normalized spacial score (nSPS) is 40.2. The van der Waals surface area contributed by atoms with Gasteiger partial charge >= 0.3 is 5.97 Å². The van der Waals surface area contributed by atoms with Crippen LogP contribution < -0.4 is 5.73 Å². The van der Waals surface area contributed by atoms with E-state index in [1.54, 1.807) is 6.92 Å². The summed E-state index contributed by atoms with van der Waals surface area (Å²) in [4.78, 5) is 24.9. The van der Waals surface area contributed by atoms with Crippen molar-refractivity contribution < 1.29 is 19.8 Å². The standard InChI is InChI=1S/C12H20N2O4/c1-12(4-2-3-9(12)13)11(18)14-6-7(15)5-8(14)10(16)17/h7-9,15H,2-6,13H2,1H3,(H,16,17). The van der Waals surface area contributed by atoms with Gasteiger partial charge in [-0.1, -0.05) is 6.42 Å². The average molecular weight is 256 g/mol. The molecule has 0 bridgehead atoms. The lowest BCUT2D eigenvalue weighted by Gasteiger charge is -2.34. The molecule has 1 saturated carbocycles. The number of hydrogen-bond acceptors (Lipinski definition) is 4. The molecule has 0 radical (unpaired) electrons. The van der Waals surface area contributed by atoms with Crippen LogP contribution in [0, 0.1) is 5.41 Å². The van der Waals surface area contributed by atoms with Crippen LogP contribution in [0.25, 0.3) is 0 Å². The van der Waals surface area contributed by atoms with E-state index in [1.165, 1.54) is 4.90 Å². The third-order valence-corrected chi connectivity index (χ3v) is 4.34. The number of carbonyl (C=O) groups excluding carboxylic acids is 1. The molecule has 4 unspecified atom stereocenters. The summed E-state index contributed by atoms with van der Waals surface area (Å²) in [6, 6.07) is -1.14. The SMILES string of the molecule is CC1(C(=O)N2CC(O)CC2C(=O)O)CCCC1N. The maximum atomic E-state index is 12.5. The molecule has 6 nitrogen and oxygen atoms in total. The minimum Gasteiger partial charge on any atom is -0.480 e. The molecule has 2 rings (SSSR count). The van der Waals surface area contributed by atoms with Crippen molar-refractivity contribution >= 4 is 11.9 Å². The quantitative estimate of drug-likeness (QED) is 0.621. The Labute approximate surface area is 106 Å². The van der Waals surface area contributed by atoms with Crippen LogP contribution >= 0.6 is 0 Å². The van der Waals surface area contributed by atoms with Crippen LogP contribution in [0.3, 0.4) is 0 Å². The number of aliphatic carboxylic acids is 1. The van der Waals surface area contributed by atoms with E-state index in [0.29, 0.717) is 6.42 Å². The molecule has 0 aromatic heterocycles. The zero-order chi connectivity index (χ0) is 13.5. The predicted molar refractivity (Wildman–Crippen MR) is 63.7 cm³/mol. The maximum Gasteiger partial charge on any atom is 0.326 e. The summed E-state index contributed by atoms with van der Waals surface area (Å²) < 4.78 is 0. The smallest absolute Gasteiger partial charge is 0.326 e. The second kappa shape index (κ2) is 4.51. The van der Waals surface area contributed by atoms with Crippen molar-refractivity contribution in [2.24, 2.45) is 11.1 Å². The number of aliphatic hydroxyl groups excluding tert-OH is 1. The van der Waals surface area contributed by atoms with Crippen LogP contribution in [0.5, 0.6) is 0 Å². The zero-order valence-electron chi connectivity index (χ0n) is 10.5. The predicted octanol–water partition coefficient (Wildman–Crippen LogP) is -0.450. The Balaban J connectivity index is 2.20. The van der Waals surface area contributed by atoms with E-state index in [4.69, 9.17) is 10.8 Å². The van der Waals surface area contributed by atoms with Crippen LogP contribution in [-0.4, -0.2) is 51.7 Å². The van der Waals surface area contributed by atoms with E-state index < -0.39 is 23.5 Å². The molecule has 4 N–H and O–H groups in total. The molecule has 2 aliphatic rings. The number of carbonyl (C=O) groups is 2. The number of aliphatic hydroxyl groups is 1. The van der Waals surface area contributed by atoms with Gasteiger partial charge in [0.2, 0.25) is 5.91 Å². The van der Waals surface area contributed by atoms with Crippen molar-refractivity contribution in [2.45, 2.75) is 50.8 Å². The highest BCUT2D eigenvalue weighted by molar-refractivity contribution is 5.88. The molecular formula is C12H20N2O4. The summed E-state index contributed by atoms with van der Waals surface area (Å²) in [6.45, 7) is 1.90. The van der Waals surface area contributed by atoms with Crippen molar-refractivity contribution in [3.8, 4) is 0 Å². The van der Waals surface area contributed by atoms with Gasteiger partial charge in [0.05, 0.1) is 11.5 Å².